The van der Waals surface area contributed by atoms with Crippen LogP contribution in [0, 0.1) is 12.7 Å². The van der Waals surface area contributed by atoms with Gasteiger partial charge in [0.1, 0.15) is 12.1 Å². The Hall–Kier alpha value is -4.92. The van der Waals surface area contributed by atoms with Crippen LogP contribution in [0.1, 0.15) is 37.1 Å². The van der Waals surface area contributed by atoms with Crippen molar-refractivity contribution in [3.8, 4) is 5.82 Å². The highest BCUT2D eigenvalue weighted by molar-refractivity contribution is 7.17. The van der Waals surface area contributed by atoms with Crippen molar-refractivity contribution in [2.24, 2.45) is 0 Å². The third kappa shape index (κ3) is 4.72. The number of rotatable bonds is 6. The van der Waals surface area contributed by atoms with Crippen molar-refractivity contribution >= 4 is 51.0 Å². The molecule has 5 aromatic heterocycles. The average molecular weight is 616 g/mol. The minimum absolute atomic E-state index is 0.0201. The van der Waals surface area contributed by atoms with Crippen LogP contribution in [0.5, 0.6) is 0 Å². The molecule has 2 N–H and O–H groups in total. The maximum Gasteiger partial charge on any atom is 0.249 e. The summed E-state index contributed by atoms with van der Waals surface area (Å²) in [5, 5.41) is 16.4. The lowest BCUT2D eigenvalue weighted by atomic mass is 9.82. The number of hydrogen-bond donors (Lipinski definition) is 2. The number of aryl methyl sites for hydroxylation is 1. The summed E-state index contributed by atoms with van der Waals surface area (Å²) in [7, 11) is 1.72. The van der Waals surface area contributed by atoms with E-state index in [0.717, 1.165) is 27.7 Å². The van der Waals surface area contributed by atoms with Gasteiger partial charge in [0.25, 0.3) is 0 Å². The number of piperazine rings is 1. The molecule has 0 bridgehead atoms. The molecular weight excluding hydrogens is 585 g/mol. The van der Waals surface area contributed by atoms with Crippen LogP contribution in [-0.2, 0) is 9.59 Å². The van der Waals surface area contributed by atoms with Gasteiger partial charge in [-0.15, -0.1) is 11.3 Å². The Morgan fingerprint density at radius 3 is 2.64 bits per heavy atom. The number of aromatic nitrogens is 7. The van der Waals surface area contributed by atoms with Crippen LogP contribution < -0.4 is 10.2 Å². The zero-order chi connectivity index (χ0) is 30.6. The van der Waals surface area contributed by atoms with Crippen molar-refractivity contribution in [3.63, 3.8) is 0 Å². The fraction of sp³-hybridized carbons (Fsp3) is 0.345. The number of anilines is 3. The summed E-state index contributed by atoms with van der Waals surface area (Å²) in [4.78, 5) is 46.9. The number of likely N-dealkylation sites (N-methyl/N-ethyl adjacent to an activating group) is 1. The minimum atomic E-state index is -0.972. The van der Waals surface area contributed by atoms with Gasteiger partial charge in [-0.2, -0.15) is 15.2 Å². The number of H-pyrrole nitrogens is 1. The standard InChI is InChI=1S/C29H30FN11O2S/c1-17-12-22(37-36-17)34-26-25-21(6-11-44-25)33-28(35-26)39-9-7-29(8-10-39)27(43)40(16-24(42)38(29)3)18(2)19-4-5-23(31-13-19)41-15-20(30)14-32-41/h4-6,11-15,18H,7-10,16H2,1-3H3,(H2,33,34,35,36,37). The first-order valence-electron chi connectivity index (χ1n) is 14.3. The van der Waals surface area contributed by atoms with E-state index < -0.39 is 17.4 Å². The van der Waals surface area contributed by atoms with Crippen molar-refractivity contribution in [2.45, 2.75) is 38.3 Å². The average Bonchev–Trinajstić information content (AvgIpc) is 3.79. The molecule has 2 aliphatic heterocycles. The van der Waals surface area contributed by atoms with Gasteiger partial charge in [0.15, 0.2) is 23.3 Å². The third-order valence-electron chi connectivity index (χ3n) is 8.60. The topological polar surface area (TPSA) is 141 Å². The molecule has 1 atom stereocenters. The van der Waals surface area contributed by atoms with Gasteiger partial charge >= 0.3 is 0 Å². The molecule has 44 heavy (non-hydrogen) atoms. The monoisotopic (exact) mass is 615 g/mol. The van der Waals surface area contributed by atoms with Gasteiger partial charge in [-0.25, -0.2) is 19.0 Å². The van der Waals surface area contributed by atoms with Crippen LogP contribution in [0.15, 0.2) is 48.2 Å². The number of carbonyl (C=O) groups excluding carboxylic acids is 2. The molecule has 1 unspecified atom stereocenters. The van der Waals surface area contributed by atoms with E-state index in [2.05, 4.69) is 30.5 Å². The molecule has 7 heterocycles. The normalized spacial score (nSPS) is 17.6. The number of thiophene rings is 1. The van der Waals surface area contributed by atoms with Crippen molar-refractivity contribution in [3.05, 3.63) is 65.3 Å². The largest absolute Gasteiger partial charge is 0.341 e. The Bertz CT molecular complexity index is 1860. The second-order valence-electron chi connectivity index (χ2n) is 11.2. The van der Waals surface area contributed by atoms with Crippen LogP contribution in [0.4, 0.5) is 22.0 Å². The van der Waals surface area contributed by atoms with Gasteiger partial charge in [0.2, 0.25) is 17.8 Å². The zero-order valence-electron chi connectivity index (χ0n) is 24.4. The SMILES string of the molecule is Cc1cc(Nc2nc(N3CCC4(CC3)C(=O)N(C(C)c3ccc(-n5cc(F)cn5)nc3)CC(=O)N4C)nc3ccsc23)n[nH]1. The first-order valence-corrected chi connectivity index (χ1v) is 15.1. The Kier molecular flexibility index (Phi) is 6.76. The number of amides is 2. The van der Waals surface area contributed by atoms with E-state index in [1.165, 1.54) is 10.9 Å². The quantitative estimate of drug-likeness (QED) is 0.293. The highest BCUT2D eigenvalue weighted by Crippen LogP contribution is 2.38. The number of carbonyl (C=O) groups is 2. The molecule has 0 radical (unpaired) electrons. The Labute approximate surface area is 255 Å². The Morgan fingerprint density at radius 2 is 1.95 bits per heavy atom. The fourth-order valence-electron chi connectivity index (χ4n) is 5.98. The minimum Gasteiger partial charge on any atom is -0.341 e. The van der Waals surface area contributed by atoms with Gasteiger partial charge in [-0.05, 0) is 49.8 Å². The number of nitrogens with one attached hydrogen (secondary N) is 2. The Balaban J connectivity index is 1.11. The first-order chi connectivity index (χ1) is 21.2. The van der Waals surface area contributed by atoms with Crippen LogP contribution in [0.3, 0.4) is 0 Å². The van der Waals surface area contributed by atoms with E-state index in [-0.39, 0.29) is 18.4 Å². The smallest absolute Gasteiger partial charge is 0.249 e. The van der Waals surface area contributed by atoms with E-state index in [4.69, 9.17) is 9.97 Å². The summed E-state index contributed by atoms with van der Waals surface area (Å²) in [6.45, 7) is 4.80. The van der Waals surface area contributed by atoms with E-state index in [1.54, 1.807) is 40.4 Å². The number of piperidine rings is 1. The van der Waals surface area contributed by atoms with Gasteiger partial charge in [0, 0.05) is 38.1 Å². The van der Waals surface area contributed by atoms with E-state index >= 15 is 0 Å². The number of halogens is 1. The summed E-state index contributed by atoms with van der Waals surface area (Å²) in [6.07, 6.45) is 4.86. The lowest BCUT2D eigenvalue weighted by Gasteiger charge is -2.52. The van der Waals surface area contributed by atoms with Crippen LogP contribution >= 0.6 is 11.3 Å². The van der Waals surface area contributed by atoms with Crippen molar-refractivity contribution < 1.29 is 14.0 Å². The molecule has 2 saturated heterocycles. The van der Waals surface area contributed by atoms with E-state index in [1.807, 2.05) is 37.4 Å². The molecule has 7 rings (SSSR count). The molecule has 2 amide bonds. The number of pyridine rings is 1. The molecule has 226 valence electrons. The number of hydrogen-bond acceptors (Lipinski definition) is 10. The van der Waals surface area contributed by atoms with E-state index in [0.29, 0.717) is 49.3 Å². The van der Waals surface area contributed by atoms with Gasteiger partial charge in [0.05, 0.1) is 28.7 Å². The molecule has 15 heteroatoms. The maximum absolute atomic E-state index is 14.2. The lowest BCUT2D eigenvalue weighted by molar-refractivity contribution is -0.167. The molecule has 0 aliphatic carbocycles. The molecule has 0 saturated carbocycles. The second kappa shape index (κ2) is 10.7. The highest BCUT2D eigenvalue weighted by Gasteiger charge is 2.53. The Morgan fingerprint density at radius 1 is 1.14 bits per heavy atom. The van der Waals surface area contributed by atoms with Crippen LogP contribution in [0.2, 0.25) is 0 Å². The molecule has 2 aliphatic rings. The van der Waals surface area contributed by atoms with Gasteiger partial charge < -0.3 is 20.0 Å². The summed E-state index contributed by atoms with van der Waals surface area (Å²) in [5.41, 5.74) is 1.56. The molecule has 2 fully saturated rings. The predicted octanol–water partition coefficient (Wildman–Crippen LogP) is 3.59. The molecule has 0 aromatic carbocycles. The molecule has 1 spiro atoms. The zero-order valence-corrected chi connectivity index (χ0v) is 25.2. The number of aromatic amines is 1. The summed E-state index contributed by atoms with van der Waals surface area (Å²) in [5.74, 6) is 1.70. The maximum atomic E-state index is 14.2. The third-order valence-corrected chi connectivity index (χ3v) is 9.52. The van der Waals surface area contributed by atoms with Crippen LogP contribution in [0.25, 0.3) is 16.0 Å². The van der Waals surface area contributed by atoms with Crippen molar-refractivity contribution in [1.29, 1.82) is 0 Å². The summed E-state index contributed by atoms with van der Waals surface area (Å²) < 4.78 is 15.7. The number of nitrogens with zero attached hydrogens (tertiary/aromatic N) is 9. The first kappa shape index (κ1) is 27.9. The van der Waals surface area contributed by atoms with Crippen LogP contribution in [-0.4, -0.2) is 88.8 Å². The lowest BCUT2D eigenvalue weighted by Crippen LogP contribution is -2.69. The highest BCUT2D eigenvalue weighted by atomic mass is 32.1. The molecular formula is C29H30FN11O2S. The van der Waals surface area contributed by atoms with Gasteiger partial charge in [-0.3, -0.25) is 14.7 Å². The summed E-state index contributed by atoms with van der Waals surface area (Å²) >= 11 is 1.55. The number of fused-ring (bicyclic) bond motifs is 1. The predicted molar refractivity (Wildman–Crippen MR) is 162 cm³/mol. The second-order valence-corrected chi connectivity index (χ2v) is 12.1. The molecule has 5 aromatic rings. The fourth-order valence-corrected chi connectivity index (χ4v) is 6.75. The summed E-state index contributed by atoms with van der Waals surface area (Å²) in [6, 6.07) is 7.02. The van der Waals surface area contributed by atoms with Crippen molar-refractivity contribution in [1.82, 2.24) is 44.7 Å². The van der Waals surface area contributed by atoms with E-state index in [9.17, 15) is 14.0 Å². The molecule has 13 nitrogen and oxygen atoms in total. The van der Waals surface area contributed by atoms with Crippen molar-refractivity contribution in [2.75, 3.05) is 36.9 Å². The van der Waals surface area contributed by atoms with Gasteiger partial charge in [-0.1, -0.05) is 6.07 Å².